The number of aliphatic carboxylic acids is 1. The van der Waals surface area contributed by atoms with Crippen molar-refractivity contribution in [2.45, 2.75) is 44.9 Å². The van der Waals surface area contributed by atoms with Crippen molar-refractivity contribution in [3.63, 3.8) is 0 Å². The summed E-state index contributed by atoms with van der Waals surface area (Å²) in [7, 11) is 0. The Kier molecular flexibility index (Phi) is 5.53. The Balaban J connectivity index is 1.74. The largest absolute Gasteiger partial charge is 0.481 e. The molecule has 1 aromatic heterocycles. The summed E-state index contributed by atoms with van der Waals surface area (Å²) in [4.78, 5) is 28.0. The molecule has 0 saturated carbocycles. The maximum atomic E-state index is 12.8. The van der Waals surface area contributed by atoms with E-state index in [9.17, 15) is 9.59 Å². The number of pyridine rings is 1. The van der Waals surface area contributed by atoms with Gasteiger partial charge in [-0.15, -0.1) is 0 Å². The zero-order valence-electron chi connectivity index (χ0n) is 14.0. The summed E-state index contributed by atoms with van der Waals surface area (Å²) in [6, 6.07) is 5.46. The molecule has 0 radical (unpaired) electrons. The van der Waals surface area contributed by atoms with Gasteiger partial charge in [0.1, 0.15) is 0 Å². The average Bonchev–Trinajstić information content (AvgIpc) is 3.03. The second-order valence-electron chi connectivity index (χ2n) is 6.39. The van der Waals surface area contributed by atoms with Crippen molar-refractivity contribution in [3.05, 3.63) is 40.0 Å². The Labute approximate surface area is 151 Å². The van der Waals surface area contributed by atoms with Crippen LogP contribution in [-0.2, 0) is 17.6 Å². The Morgan fingerprint density at radius 2 is 2.04 bits per heavy atom. The van der Waals surface area contributed by atoms with Gasteiger partial charge in [-0.3, -0.25) is 14.6 Å². The van der Waals surface area contributed by atoms with Crippen molar-refractivity contribution in [2.75, 3.05) is 6.54 Å². The summed E-state index contributed by atoms with van der Waals surface area (Å²) in [6.45, 7) is 0.539. The number of unbranched alkanes of at least 4 members (excludes halogenated alkanes) is 2. The smallest absolute Gasteiger partial charge is 0.303 e. The van der Waals surface area contributed by atoms with Crippen molar-refractivity contribution < 1.29 is 14.7 Å². The quantitative estimate of drug-likeness (QED) is 0.737. The van der Waals surface area contributed by atoms with Gasteiger partial charge in [0.25, 0.3) is 5.91 Å². The molecular weight excluding hydrogens is 340 g/mol. The van der Waals surface area contributed by atoms with Gasteiger partial charge in [0.2, 0.25) is 0 Å². The molecule has 0 fully saturated rings. The predicted octanol–water partition coefficient (Wildman–Crippen LogP) is 3.75. The van der Waals surface area contributed by atoms with Crippen LogP contribution in [0.3, 0.4) is 0 Å². The normalized spacial score (nSPS) is 13.0. The monoisotopic (exact) mass is 360 g/mol. The second-order valence-corrected chi connectivity index (χ2v) is 6.82. The van der Waals surface area contributed by atoms with Crippen molar-refractivity contribution in [3.8, 4) is 0 Å². The van der Waals surface area contributed by atoms with Gasteiger partial charge in [0.05, 0.1) is 11.1 Å². The number of nitrogens with zero attached hydrogens (tertiary/aromatic N) is 1. The van der Waals surface area contributed by atoms with Crippen molar-refractivity contribution >= 4 is 34.4 Å². The zero-order chi connectivity index (χ0) is 17.8. The van der Waals surface area contributed by atoms with Crippen LogP contribution in [0.2, 0.25) is 5.02 Å². The van der Waals surface area contributed by atoms with Gasteiger partial charge in [0, 0.05) is 29.1 Å². The van der Waals surface area contributed by atoms with E-state index in [1.165, 1.54) is 0 Å². The Bertz CT molecular complexity index is 820. The molecule has 0 atom stereocenters. The number of benzene rings is 1. The van der Waals surface area contributed by atoms with Crippen LogP contribution in [0.25, 0.3) is 10.9 Å². The number of carbonyl (C=O) groups is 2. The standard InChI is InChI=1S/C19H21ClN2O3/c20-12-8-9-16-14(11-12)18(13-5-4-6-15(13)22-16)19(25)21-10-3-1-2-7-17(23)24/h8-9,11H,1-7,10H2,(H,21,25)(H,23,24). The summed E-state index contributed by atoms with van der Waals surface area (Å²) in [5.41, 5.74) is 3.56. The third-order valence-electron chi connectivity index (χ3n) is 4.55. The number of amides is 1. The number of rotatable bonds is 7. The van der Waals surface area contributed by atoms with Gasteiger partial charge in [-0.05, 0) is 55.9 Å². The number of fused-ring (bicyclic) bond motifs is 2. The number of aromatic nitrogens is 1. The molecule has 132 valence electrons. The molecular formula is C19H21ClN2O3. The molecule has 6 heteroatoms. The van der Waals surface area contributed by atoms with Crippen LogP contribution in [-0.4, -0.2) is 28.5 Å². The van der Waals surface area contributed by atoms with E-state index in [0.29, 0.717) is 23.6 Å². The summed E-state index contributed by atoms with van der Waals surface area (Å²) in [5, 5.41) is 13.0. The molecule has 1 aliphatic rings. The molecule has 3 rings (SSSR count). The number of carboxylic acids is 1. The first-order valence-corrected chi connectivity index (χ1v) is 9.05. The fourth-order valence-corrected chi connectivity index (χ4v) is 3.53. The first-order valence-electron chi connectivity index (χ1n) is 8.67. The summed E-state index contributed by atoms with van der Waals surface area (Å²) in [6.07, 6.45) is 5.15. The van der Waals surface area contributed by atoms with E-state index in [-0.39, 0.29) is 12.3 Å². The van der Waals surface area contributed by atoms with E-state index in [1.54, 1.807) is 6.07 Å². The van der Waals surface area contributed by atoms with Crippen molar-refractivity contribution in [1.82, 2.24) is 10.3 Å². The Morgan fingerprint density at radius 3 is 2.84 bits per heavy atom. The third kappa shape index (κ3) is 4.10. The molecule has 1 amide bonds. The molecule has 2 N–H and O–H groups in total. The number of hydrogen-bond donors (Lipinski definition) is 2. The highest BCUT2D eigenvalue weighted by atomic mass is 35.5. The molecule has 0 spiro atoms. The summed E-state index contributed by atoms with van der Waals surface area (Å²) in [5.74, 6) is -0.870. The highest BCUT2D eigenvalue weighted by Crippen LogP contribution is 2.31. The molecule has 0 saturated heterocycles. The first kappa shape index (κ1) is 17.7. The lowest BCUT2D eigenvalue weighted by molar-refractivity contribution is -0.137. The van der Waals surface area contributed by atoms with Crippen LogP contribution in [0.4, 0.5) is 0 Å². The number of aryl methyl sites for hydroxylation is 1. The van der Waals surface area contributed by atoms with Crippen LogP contribution in [0.5, 0.6) is 0 Å². The lowest BCUT2D eigenvalue weighted by atomic mass is 10.0. The van der Waals surface area contributed by atoms with Gasteiger partial charge in [-0.25, -0.2) is 0 Å². The van der Waals surface area contributed by atoms with Gasteiger partial charge in [0.15, 0.2) is 0 Å². The minimum atomic E-state index is -0.778. The first-order chi connectivity index (χ1) is 12.1. The number of nitrogens with one attached hydrogen (secondary N) is 1. The fraction of sp³-hybridized carbons (Fsp3) is 0.421. The van der Waals surface area contributed by atoms with Gasteiger partial charge < -0.3 is 10.4 Å². The number of carboxylic acid groups (broad SMARTS) is 1. The van der Waals surface area contributed by atoms with E-state index in [4.69, 9.17) is 16.7 Å². The third-order valence-corrected chi connectivity index (χ3v) is 4.79. The van der Waals surface area contributed by atoms with E-state index < -0.39 is 5.97 Å². The molecule has 0 aliphatic heterocycles. The molecule has 1 aromatic carbocycles. The topological polar surface area (TPSA) is 79.3 Å². The zero-order valence-corrected chi connectivity index (χ0v) is 14.7. The summed E-state index contributed by atoms with van der Waals surface area (Å²) < 4.78 is 0. The number of hydrogen-bond acceptors (Lipinski definition) is 3. The number of carbonyl (C=O) groups excluding carboxylic acids is 1. The molecule has 2 aromatic rings. The minimum absolute atomic E-state index is 0.0916. The summed E-state index contributed by atoms with van der Waals surface area (Å²) >= 11 is 6.13. The second kappa shape index (κ2) is 7.83. The number of halogens is 1. The van der Waals surface area contributed by atoms with Crippen LogP contribution < -0.4 is 5.32 Å². The van der Waals surface area contributed by atoms with Crippen LogP contribution in [0, 0.1) is 0 Å². The average molecular weight is 361 g/mol. The molecule has 25 heavy (non-hydrogen) atoms. The highest BCUT2D eigenvalue weighted by molar-refractivity contribution is 6.31. The maximum Gasteiger partial charge on any atom is 0.303 e. The predicted molar refractivity (Wildman–Crippen MR) is 97.2 cm³/mol. The van der Waals surface area contributed by atoms with Gasteiger partial charge >= 0.3 is 5.97 Å². The van der Waals surface area contributed by atoms with Crippen molar-refractivity contribution in [1.29, 1.82) is 0 Å². The Hall–Kier alpha value is -2.14. The van der Waals surface area contributed by atoms with Crippen LogP contribution in [0.1, 0.15) is 53.7 Å². The Morgan fingerprint density at radius 1 is 1.20 bits per heavy atom. The SMILES string of the molecule is O=C(O)CCCCCNC(=O)c1c2c(nc3ccc(Cl)cc13)CCC2. The molecule has 1 aliphatic carbocycles. The van der Waals surface area contributed by atoms with Gasteiger partial charge in [-0.1, -0.05) is 18.0 Å². The van der Waals surface area contributed by atoms with Crippen LogP contribution >= 0.6 is 11.6 Å². The highest BCUT2D eigenvalue weighted by Gasteiger charge is 2.23. The van der Waals surface area contributed by atoms with E-state index in [2.05, 4.69) is 10.3 Å². The lowest BCUT2D eigenvalue weighted by Gasteiger charge is -2.13. The molecule has 1 heterocycles. The van der Waals surface area contributed by atoms with E-state index in [0.717, 1.165) is 54.3 Å². The molecule has 5 nitrogen and oxygen atoms in total. The molecule has 0 unspecified atom stereocenters. The fourth-order valence-electron chi connectivity index (χ4n) is 3.36. The van der Waals surface area contributed by atoms with E-state index >= 15 is 0 Å². The maximum absolute atomic E-state index is 12.8. The van der Waals surface area contributed by atoms with Crippen molar-refractivity contribution in [2.24, 2.45) is 0 Å². The van der Waals surface area contributed by atoms with E-state index in [1.807, 2.05) is 12.1 Å². The van der Waals surface area contributed by atoms with Gasteiger partial charge in [-0.2, -0.15) is 0 Å². The minimum Gasteiger partial charge on any atom is -0.481 e. The van der Waals surface area contributed by atoms with Crippen LogP contribution in [0.15, 0.2) is 18.2 Å². The molecule has 0 bridgehead atoms. The lowest BCUT2D eigenvalue weighted by Crippen LogP contribution is -2.26.